The van der Waals surface area contributed by atoms with Gasteiger partial charge in [-0.25, -0.2) is 0 Å². The lowest BCUT2D eigenvalue weighted by molar-refractivity contribution is 0.0729. The molecule has 12 heavy (non-hydrogen) atoms. The van der Waals surface area contributed by atoms with Gasteiger partial charge in [0.05, 0.1) is 6.10 Å². The lowest BCUT2D eigenvalue weighted by Gasteiger charge is -2.33. The van der Waals surface area contributed by atoms with Gasteiger partial charge in [-0.1, -0.05) is 6.92 Å². The highest BCUT2D eigenvalue weighted by molar-refractivity contribution is 4.78. The third-order valence-corrected chi connectivity index (χ3v) is 2.82. The van der Waals surface area contributed by atoms with Gasteiger partial charge in [-0.05, 0) is 45.7 Å². The van der Waals surface area contributed by atoms with Crippen LogP contribution in [0, 0.1) is 0 Å². The number of aliphatic hydroxyl groups is 1. The molecule has 0 aliphatic heterocycles. The summed E-state index contributed by atoms with van der Waals surface area (Å²) >= 11 is 0. The average molecular weight is 171 g/mol. The van der Waals surface area contributed by atoms with Crippen molar-refractivity contribution in [2.24, 2.45) is 0 Å². The van der Waals surface area contributed by atoms with Crippen LogP contribution in [0.15, 0.2) is 0 Å². The van der Waals surface area contributed by atoms with Gasteiger partial charge in [0.15, 0.2) is 0 Å². The van der Waals surface area contributed by atoms with E-state index in [4.69, 9.17) is 0 Å². The molecule has 0 heterocycles. The Morgan fingerprint density at radius 1 is 1.42 bits per heavy atom. The Morgan fingerprint density at radius 2 is 2.17 bits per heavy atom. The number of rotatable bonds is 3. The molecular formula is C10H21NO. The second-order valence-electron chi connectivity index (χ2n) is 3.95. The van der Waals surface area contributed by atoms with Crippen molar-refractivity contribution in [2.75, 3.05) is 13.6 Å². The molecule has 1 aliphatic carbocycles. The normalized spacial score (nSPS) is 31.0. The van der Waals surface area contributed by atoms with Gasteiger partial charge < -0.3 is 10.0 Å². The molecule has 0 spiro atoms. The fourth-order valence-electron chi connectivity index (χ4n) is 2.07. The summed E-state index contributed by atoms with van der Waals surface area (Å²) in [6.45, 7) is 3.37. The first-order valence-corrected chi connectivity index (χ1v) is 5.12. The average Bonchev–Trinajstić information content (AvgIpc) is 2.05. The highest BCUT2D eigenvalue weighted by Crippen LogP contribution is 2.22. The molecule has 0 aromatic rings. The molecule has 1 aliphatic rings. The molecule has 1 rings (SSSR count). The van der Waals surface area contributed by atoms with Gasteiger partial charge in [0, 0.05) is 6.04 Å². The van der Waals surface area contributed by atoms with Gasteiger partial charge in [0.2, 0.25) is 0 Å². The first-order valence-electron chi connectivity index (χ1n) is 5.12. The maximum absolute atomic E-state index is 9.47. The van der Waals surface area contributed by atoms with E-state index in [9.17, 15) is 5.11 Å². The van der Waals surface area contributed by atoms with Crippen LogP contribution in [0.4, 0.5) is 0 Å². The minimum atomic E-state index is -0.0388. The fourth-order valence-corrected chi connectivity index (χ4v) is 2.07. The molecule has 72 valence electrons. The molecule has 1 N–H and O–H groups in total. The molecule has 1 saturated carbocycles. The molecule has 0 amide bonds. The molecule has 1 fully saturated rings. The SMILES string of the molecule is CCCN(C)C1CCCC(O)C1. The zero-order chi connectivity index (χ0) is 8.97. The third kappa shape index (κ3) is 2.76. The summed E-state index contributed by atoms with van der Waals surface area (Å²) in [6.07, 6.45) is 5.63. The van der Waals surface area contributed by atoms with Gasteiger partial charge in [-0.3, -0.25) is 0 Å². The Morgan fingerprint density at radius 3 is 2.75 bits per heavy atom. The lowest BCUT2D eigenvalue weighted by atomic mass is 9.92. The van der Waals surface area contributed by atoms with Crippen LogP contribution in [0.2, 0.25) is 0 Å². The van der Waals surface area contributed by atoms with E-state index in [-0.39, 0.29) is 6.10 Å². The number of hydrogen-bond donors (Lipinski definition) is 1. The van der Waals surface area contributed by atoms with Gasteiger partial charge in [-0.15, -0.1) is 0 Å². The Kier molecular flexibility index (Phi) is 4.02. The predicted molar refractivity (Wildman–Crippen MR) is 51.2 cm³/mol. The zero-order valence-corrected chi connectivity index (χ0v) is 8.29. The topological polar surface area (TPSA) is 23.5 Å². The summed E-state index contributed by atoms with van der Waals surface area (Å²) in [7, 11) is 2.17. The number of nitrogens with zero attached hydrogens (tertiary/aromatic N) is 1. The summed E-state index contributed by atoms with van der Waals surface area (Å²) in [6, 6.07) is 0.633. The summed E-state index contributed by atoms with van der Waals surface area (Å²) < 4.78 is 0. The van der Waals surface area contributed by atoms with Gasteiger partial charge >= 0.3 is 0 Å². The lowest BCUT2D eigenvalue weighted by Crippen LogP contribution is -2.37. The predicted octanol–water partition coefficient (Wildman–Crippen LogP) is 1.63. The van der Waals surface area contributed by atoms with E-state index in [2.05, 4.69) is 18.9 Å². The van der Waals surface area contributed by atoms with Crippen molar-refractivity contribution >= 4 is 0 Å². The Bertz CT molecular complexity index is 127. The van der Waals surface area contributed by atoms with Gasteiger partial charge in [-0.2, -0.15) is 0 Å². The van der Waals surface area contributed by atoms with Crippen molar-refractivity contribution < 1.29 is 5.11 Å². The van der Waals surface area contributed by atoms with Gasteiger partial charge in [0.25, 0.3) is 0 Å². The largest absolute Gasteiger partial charge is 0.393 e. The van der Waals surface area contributed by atoms with Crippen LogP contribution in [-0.2, 0) is 0 Å². The molecule has 0 aromatic carbocycles. The van der Waals surface area contributed by atoms with E-state index < -0.39 is 0 Å². The number of hydrogen-bond acceptors (Lipinski definition) is 2. The van der Waals surface area contributed by atoms with E-state index in [1.54, 1.807) is 0 Å². The Labute approximate surface area is 75.6 Å². The van der Waals surface area contributed by atoms with Crippen LogP contribution in [0.3, 0.4) is 0 Å². The molecule has 0 saturated heterocycles. The molecule has 0 aromatic heterocycles. The maximum Gasteiger partial charge on any atom is 0.0555 e. The molecule has 0 bridgehead atoms. The van der Waals surface area contributed by atoms with Crippen LogP contribution >= 0.6 is 0 Å². The van der Waals surface area contributed by atoms with E-state index in [0.29, 0.717) is 6.04 Å². The standard InChI is InChI=1S/C10H21NO/c1-3-7-11(2)9-5-4-6-10(12)8-9/h9-10,12H,3-8H2,1-2H3. The molecule has 2 nitrogen and oxygen atoms in total. The van der Waals surface area contributed by atoms with Crippen LogP contribution < -0.4 is 0 Å². The Hall–Kier alpha value is -0.0800. The summed E-state index contributed by atoms with van der Waals surface area (Å²) in [5.74, 6) is 0. The van der Waals surface area contributed by atoms with E-state index in [1.807, 2.05) is 0 Å². The van der Waals surface area contributed by atoms with E-state index >= 15 is 0 Å². The highest BCUT2D eigenvalue weighted by Gasteiger charge is 2.22. The van der Waals surface area contributed by atoms with Crippen molar-refractivity contribution in [3.05, 3.63) is 0 Å². The van der Waals surface area contributed by atoms with Crippen molar-refractivity contribution in [1.29, 1.82) is 0 Å². The molecular weight excluding hydrogens is 150 g/mol. The zero-order valence-electron chi connectivity index (χ0n) is 8.29. The molecule has 2 heteroatoms. The van der Waals surface area contributed by atoms with Crippen LogP contribution in [0.25, 0.3) is 0 Å². The van der Waals surface area contributed by atoms with Gasteiger partial charge in [0.1, 0.15) is 0 Å². The van der Waals surface area contributed by atoms with Crippen molar-refractivity contribution in [3.8, 4) is 0 Å². The number of aliphatic hydroxyl groups excluding tert-OH is 1. The fraction of sp³-hybridized carbons (Fsp3) is 1.00. The highest BCUT2D eigenvalue weighted by atomic mass is 16.3. The van der Waals surface area contributed by atoms with E-state index in [0.717, 1.165) is 19.4 Å². The molecule has 0 radical (unpaired) electrons. The first kappa shape index (κ1) is 10.0. The third-order valence-electron chi connectivity index (χ3n) is 2.82. The monoisotopic (exact) mass is 171 g/mol. The second kappa shape index (κ2) is 4.83. The van der Waals surface area contributed by atoms with Crippen LogP contribution in [0.5, 0.6) is 0 Å². The van der Waals surface area contributed by atoms with Crippen LogP contribution in [-0.4, -0.2) is 35.7 Å². The van der Waals surface area contributed by atoms with E-state index in [1.165, 1.54) is 19.3 Å². The smallest absolute Gasteiger partial charge is 0.0555 e. The Balaban J connectivity index is 2.29. The van der Waals surface area contributed by atoms with Crippen LogP contribution in [0.1, 0.15) is 39.0 Å². The second-order valence-corrected chi connectivity index (χ2v) is 3.95. The summed E-state index contributed by atoms with van der Waals surface area (Å²) in [5, 5.41) is 9.47. The van der Waals surface area contributed by atoms with Crippen molar-refractivity contribution in [3.63, 3.8) is 0 Å². The van der Waals surface area contributed by atoms with Crippen molar-refractivity contribution in [1.82, 2.24) is 4.90 Å². The molecule has 2 atom stereocenters. The minimum absolute atomic E-state index is 0.0388. The summed E-state index contributed by atoms with van der Waals surface area (Å²) in [5.41, 5.74) is 0. The summed E-state index contributed by atoms with van der Waals surface area (Å²) in [4.78, 5) is 2.39. The first-order chi connectivity index (χ1) is 5.74. The van der Waals surface area contributed by atoms with Crippen molar-refractivity contribution in [2.45, 2.75) is 51.2 Å². The quantitative estimate of drug-likeness (QED) is 0.697. The molecule has 2 unspecified atom stereocenters. The maximum atomic E-state index is 9.47. The minimum Gasteiger partial charge on any atom is -0.393 e.